The van der Waals surface area contributed by atoms with E-state index in [9.17, 15) is 27.9 Å². The van der Waals surface area contributed by atoms with E-state index in [0.29, 0.717) is 44.1 Å². The highest BCUT2D eigenvalue weighted by Gasteiger charge is 2.67. The molecule has 11 nitrogen and oxygen atoms in total. The molecule has 0 aliphatic carbocycles. The molecule has 2 saturated heterocycles. The molecule has 5 rings (SSSR count). The molecule has 3 aliphatic heterocycles. The Kier molecular flexibility index (Phi) is 7.60. The van der Waals surface area contributed by atoms with Crippen molar-refractivity contribution in [3.8, 4) is 0 Å². The van der Waals surface area contributed by atoms with Gasteiger partial charge < -0.3 is 19.6 Å². The number of morpholine rings is 1. The first-order valence-electron chi connectivity index (χ1n) is 13.2. The van der Waals surface area contributed by atoms with Gasteiger partial charge in [0.05, 0.1) is 29.4 Å². The monoisotopic (exact) mass is 580 g/mol. The summed E-state index contributed by atoms with van der Waals surface area (Å²) < 4.78 is 31.6. The number of carbonyl (C=O) groups excluding carboxylic acids is 3. The molecule has 12 heteroatoms. The number of aliphatic hydroxyl groups excluding tert-OH is 1. The van der Waals surface area contributed by atoms with Gasteiger partial charge in [0.25, 0.3) is 17.6 Å². The number of amides is 2. The lowest BCUT2D eigenvalue weighted by molar-refractivity contribution is -0.144. The summed E-state index contributed by atoms with van der Waals surface area (Å²) in [4.78, 5) is 46.6. The number of ketones is 1. The second-order valence-electron chi connectivity index (χ2n) is 10.2. The number of sulfonamides is 1. The minimum absolute atomic E-state index is 0.0147. The van der Waals surface area contributed by atoms with Gasteiger partial charge in [-0.3, -0.25) is 19.3 Å². The SMILES string of the molecule is C=CCN1C(=O)[C@@]2(C(=C(O)c3ccc(S(=O)(=O)N(C)C)cc3)C(=O)C(=O)N2CCN2CCOCC2)c2ccccc21. The number of Topliss-reactive ketones (excluding diaryl/α,β-unsaturated/α-hetero) is 1. The smallest absolute Gasteiger partial charge is 0.296 e. The number of rotatable bonds is 8. The molecular formula is C29H32N4O7S. The molecule has 2 fully saturated rings. The van der Waals surface area contributed by atoms with E-state index in [4.69, 9.17) is 4.74 Å². The van der Waals surface area contributed by atoms with Crippen molar-refractivity contribution in [1.82, 2.24) is 14.1 Å². The number of fused-ring (bicyclic) bond motifs is 2. The number of aliphatic hydroxyl groups is 1. The zero-order valence-corrected chi connectivity index (χ0v) is 23.8. The summed E-state index contributed by atoms with van der Waals surface area (Å²) >= 11 is 0. The van der Waals surface area contributed by atoms with Crippen LogP contribution in [0.15, 0.2) is 71.7 Å². The molecule has 1 spiro atoms. The standard InChI is InChI=1S/C29H32N4O7S/c1-4-13-32-23-8-6-5-7-22(23)29(28(32)37)24(25(34)20-9-11-21(12-10-20)41(38,39)30(2)3)26(35)27(36)33(29)15-14-31-16-18-40-19-17-31/h4-12,34H,1,13-19H2,2-3H3/t29-/m0/s1. The maximum atomic E-state index is 14.4. The van der Waals surface area contributed by atoms with E-state index < -0.39 is 38.9 Å². The fourth-order valence-electron chi connectivity index (χ4n) is 5.68. The summed E-state index contributed by atoms with van der Waals surface area (Å²) in [5.41, 5.74) is -1.24. The van der Waals surface area contributed by atoms with Gasteiger partial charge in [-0.1, -0.05) is 24.3 Å². The number of hydrogen-bond acceptors (Lipinski definition) is 8. The van der Waals surface area contributed by atoms with Crippen LogP contribution in [-0.2, 0) is 34.7 Å². The number of ether oxygens (including phenoxy) is 1. The van der Waals surface area contributed by atoms with Crippen molar-refractivity contribution in [2.45, 2.75) is 10.4 Å². The van der Waals surface area contributed by atoms with Gasteiger partial charge in [0.1, 0.15) is 5.76 Å². The van der Waals surface area contributed by atoms with Crippen LogP contribution in [0.4, 0.5) is 5.69 Å². The van der Waals surface area contributed by atoms with Crippen molar-refractivity contribution in [3.63, 3.8) is 0 Å². The highest BCUT2D eigenvalue weighted by atomic mass is 32.2. The summed E-state index contributed by atoms with van der Waals surface area (Å²) in [7, 11) is -0.943. The van der Waals surface area contributed by atoms with Gasteiger partial charge in [-0.2, -0.15) is 0 Å². The van der Waals surface area contributed by atoms with Gasteiger partial charge in [0.15, 0.2) is 5.54 Å². The zero-order chi connectivity index (χ0) is 29.5. The van der Waals surface area contributed by atoms with Crippen molar-refractivity contribution < 1.29 is 32.6 Å². The average Bonchev–Trinajstić information content (AvgIpc) is 3.35. The average molecular weight is 581 g/mol. The van der Waals surface area contributed by atoms with E-state index in [2.05, 4.69) is 11.5 Å². The number of anilines is 1. The summed E-state index contributed by atoms with van der Waals surface area (Å²) in [6.45, 7) is 6.71. The Hall–Kier alpha value is -3.84. The van der Waals surface area contributed by atoms with E-state index in [-0.39, 0.29) is 29.1 Å². The number of para-hydroxylation sites is 1. The predicted octanol–water partition coefficient (Wildman–Crippen LogP) is 1.38. The van der Waals surface area contributed by atoms with E-state index in [0.717, 1.165) is 4.31 Å². The fraction of sp³-hybridized carbons (Fsp3) is 0.345. The minimum atomic E-state index is -3.75. The van der Waals surface area contributed by atoms with Crippen molar-refractivity contribution in [3.05, 3.63) is 77.9 Å². The van der Waals surface area contributed by atoms with E-state index >= 15 is 0 Å². The number of benzene rings is 2. The fourth-order valence-corrected chi connectivity index (χ4v) is 6.58. The van der Waals surface area contributed by atoms with Crippen LogP contribution in [0.2, 0.25) is 0 Å². The van der Waals surface area contributed by atoms with Crippen LogP contribution in [0.3, 0.4) is 0 Å². The second-order valence-corrected chi connectivity index (χ2v) is 12.4. The van der Waals surface area contributed by atoms with Crippen LogP contribution in [0, 0.1) is 0 Å². The number of likely N-dealkylation sites (tertiary alicyclic amines) is 1. The van der Waals surface area contributed by atoms with E-state index in [1.165, 1.54) is 48.2 Å². The molecule has 0 unspecified atom stereocenters. The number of hydrogen-bond donors (Lipinski definition) is 1. The van der Waals surface area contributed by atoms with Crippen molar-refractivity contribution in [1.29, 1.82) is 0 Å². The summed E-state index contributed by atoms with van der Waals surface area (Å²) in [5, 5.41) is 11.6. The van der Waals surface area contributed by atoms with Gasteiger partial charge in [-0.25, -0.2) is 12.7 Å². The molecule has 0 aromatic heterocycles. The highest BCUT2D eigenvalue weighted by molar-refractivity contribution is 7.89. The number of nitrogens with zero attached hydrogens (tertiary/aromatic N) is 4. The van der Waals surface area contributed by atoms with E-state index in [1.807, 2.05) is 0 Å². The van der Waals surface area contributed by atoms with Crippen LogP contribution in [0.1, 0.15) is 11.1 Å². The Balaban J connectivity index is 1.69. The van der Waals surface area contributed by atoms with Crippen LogP contribution in [0.25, 0.3) is 5.76 Å². The molecule has 2 aromatic carbocycles. The third-order valence-electron chi connectivity index (χ3n) is 7.77. The minimum Gasteiger partial charge on any atom is -0.507 e. The Labute approximate surface area is 238 Å². The first-order valence-corrected chi connectivity index (χ1v) is 14.7. The van der Waals surface area contributed by atoms with Crippen LogP contribution < -0.4 is 4.90 Å². The van der Waals surface area contributed by atoms with E-state index in [1.54, 1.807) is 30.3 Å². The van der Waals surface area contributed by atoms with Gasteiger partial charge >= 0.3 is 0 Å². The first-order chi connectivity index (χ1) is 19.6. The Morgan fingerprint density at radius 3 is 2.34 bits per heavy atom. The number of carbonyl (C=O) groups is 3. The third-order valence-corrected chi connectivity index (χ3v) is 9.60. The molecule has 2 aromatic rings. The summed E-state index contributed by atoms with van der Waals surface area (Å²) in [5.74, 6) is -2.99. The van der Waals surface area contributed by atoms with Gasteiger partial charge in [-0.15, -0.1) is 6.58 Å². The Bertz CT molecular complexity index is 1540. The molecule has 1 N–H and O–H groups in total. The lowest BCUT2D eigenvalue weighted by Gasteiger charge is -2.36. The van der Waals surface area contributed by atoms with Crippen LogP contribution in [0.5, 0.6) is 0 Å². The lowest BCUT2D eigenvalue weighted by Crippen LogP contribution is -2.54. The first kappa shape index (κ1) is 28.7. The van der Waals surface area contributed by atoms with Gasteiger partial charge in [0, 0.05) is 57.9 Å². The Morgan fingerprint density at radius 1 is 1.05 bits per heavy atom. The molecule has 216 valence electrons. The zero-order valence-electron chi connectivity index (χ0n) is 22.9. The molecule has 0 saturated carbocycles. The molecular weight excluding hydrogens is 548 g/mol. The van der Waals surface area contributed by atoms with Gasteiger partial charge in [-0.05, 0) is 30.3 Å². The topological polar surface area (TPSA) is 128 Å². The molecule has 3 heterocycles. The molecule has 41 heavy (non-hydrogen) atoms. The quantitative estimate of drug-likeness (QED) is 0.215. The summed E-state index contributed by atoms with van der Waals surface area (Å²) in [6, 6.07) is 12.2. The second kappa shape index (κ2) is 10.9. The highest BCUT2D eigenvalue weighted by Crippen LogP contribution is 2.53. The largest absolute Gasteiger partial charge is 0.507 e. The van der Waals surface area contributed by atoms with Crippen molar-refractivity contribution >= 4 is 39.1 Å². The summed E-state index contributed by atoms with van der Waals surface area (Å²) in [6.07, 6.45) is 1.55. The molecule has 2 amide bonds. The van der Waals surface area contributed by atoms with Crippen LogP contribution >= 0.6 is 0 Å². The Morgan fingerprint density at radius 2 is 1.71 bits per heavy atom. The molecule has 1 atom stereocenters. The molecule has 3 aliphatic rings. The van der Waals surface area contributed by atoms with Gasteiger partial charge in [0.2, 0.25) is 10.0 Å². The third kappa shape index (κ3) is 4.47. The van der Waals surface area contributed by atoms with Crippen LogP contribution in [-0.4, -0.2) is 105 Å². The predicted molar refractivity (Wildman–Crippen MR) is 152 cm³/mol. The maximum absolute atomic E-state index is 14.4. The maximum Gasteiger partial charge on any atom is 0.296 e. The van der Waals surface area contributed by atoms with Crippen molar-refractivity contribution in [2.75, 3.05) is 64.9 Å². The molecule has 0 radical (unpaired) electrons. The lowest BCUT2D eigenvalue weighted by atomic mass is 9.82. The molecule has 0 bridgehead atoms. The normalized spacial score (nSPS) is 22.7. The van der Waals surface area contributed by atoms with Crippen molar-refractivity contribution in [2.24, 2.45) is 0 Å².